The molecular weight excluding hydrogens is 274 g/mol. The van der Waals surface area contributed by atoms with E-state index in [1.165, 1.54) is 11.3 Å². The summed E-state index contributed by atoms with van der Waals surface area (Å²) >= 11 is 1.31. The summed E-state index contributed by atoms with van der Waals surface area (Å²) in [6.45, 7) is 1.83. The molecule has 0 spiro atoms. The van der Waals surface area contributed by atoms with Crippen molar-refractivity contribution in [1.29, 1.82) is 0 Å². The van der Waals surface area contributed by atoms with Gasteiger partial charge < -0.3 is 10.4 Å². The standard InChI is InChI=1S/C15H15NO3S/c1-10-7-8-20-13(10)14(17)16-12(15(18)19)9-11-5-3-2-4-6-11/h2-8,12H,9H2,1H3,(H,16,17)(H,18,19)/t12-/m0/s1. The van der Waals surface area contributed by atoms with Crippen molar-refractivity contribution in [3.63, 3.8) is 0 Å². The van der Waals surface area contributed by atoms with Gasteiger partial charge in [0.05, 0.1) is 4.88 Å². The first-order valence-electron chi connectivity index (χ1n) is 6.19. The van der Waals surface area contributed by atoms with Crippen LogP contribution in [0.15, 0.2) is 41.8 Å². The molecular formula is C15H15NO3S. The van der Waals surface area contributed by atoms with Crippen molar-refractivity contribution in [2.24, 2.45) is 0 Å². The van der Waals surface area contributed by atoms with Gasteiger partial charge in [-0.15, -0.1) is 11.3 Å². The molecule has 1 amide bonds. The second-order valence-corrected chi connectivity index (χ2v) is 5.40. The molecule has 1 aromatic carbocycles. The maximum absolute atomic E-state index is 12.1. The van der Waals surface area contributed by atoms with E-state index in [1.807, 2.05) is 48.7 Å². The van der Waals surface area contributed by atoms with E-state index in [2.05, 4.69) is 5.32 Å². The summed E-state index contributed by atoms with van der Waals surface area (Å²) in [5, 5.41) is 13.6. The molecule has 2 aromatic rings. The molecule has 0 aliphatic carbocycles. The Hall–Kier alpha value is -2.14. The van der Waals surface area contributed by atoms with E-state index in [-0.39, 0.29) is 12.3 Å². The van der Waals surface area contributed by atoms with E-state index in [9.17, 15) is 14.7 Å². The molecule has 1 atom stereocenters. The van der Waals surface area contributed by atoms with Crippen LogP contribution in [0.1, 0.15) is 20.8 Å². The van der Waals surface area contributed by atoms with E-state index in [4.69, 9.17) is 0 Å². The highest BCUT2D eigenvalue weighted by molar-refractivity contribution is 7.12. The van der Waals surface area contributed by atoms with Crippen LogP contribution in [-0.2, 0) is 11.2 Å². The summed E-state index contributed by atoms with van der Waals surface area (Å²) in [5.41, 5.74) is 1.74. The summed E-state index contributed by atoms with van der Waals surface area (Å²) in [4.78, 5) is 23.9. The van der Waals surface area contributed by atoms with Crippen LogP contribution in [0.25, 0.3) is 0 Å². The lowest BCUT2D eigenvalue weighted by Gasteiger charge is -2.14. The summed E-state index contributed by atoms with van der Waals surface area (Å²) in [7, 11) is 0. The van der Waals surface area contributed by atoms with E-state index in [0.717, 1.165) is 11.1 Å². The number of carbonyl (C=O) groups is 2. The van der Waals surface area contributed by atoms with Gasteiger partial charge in [-0.3, -0.25) is 4.79 Å². The first-order valence-corrected chi connectivity index (χ1v) is 7.07. The highest BCUT2D eigenvalue weighted by atomic mass is 32.1. The largest absolute Gasteiger partial charge is 0.480 e. The van der Waals surface area contributed by atoms with Gasteiger partial charge >= 0.3 is 5.97 Å². The Labute approximate surface area is 121 Å². The molecule has 104 valence electrons. The van der Waals surface area contributed by atoms with Crippen LogP contribution >= 0.6 is 11.3 Å². The summed E-state index contributed by atoms with van der Waals surface area (Å²) < 4.78 is 0. The first-order chi connectivity index (χ1) is 9.58. The second kappa shape index (κ2) is 6.34. The van der Waals surface area contributed by atoms with Crippen LogP contribution < -0.4 is 5.32 Å². The minimum Gasteiger partial charge on any atom is -0.480 e. The highest BCUT2D eigenvalue weighted by Crippen LogP contribution is 2.15. The highest BCUT2D eigenvalue weighted by Gasteiger charge is 2.22. The molecule has 2 N–H and O–H groups in total. The Morgan fingerprint density at radius 2 is 1.95 bits per heavy atom. The van der Waals surface area contributed by atoms with E-state index >= 15 is 0 Å². The molecule has 0 aliphatic heterocycles. The third-order valence-corrected chi connectivity index (χ3v) is 3.97. The van der Waals surface area contributed by atoms with Crippen molar-refractivity contribution >= 4 is 23.2 Å². The smallest absolute Gasteiger partial charge is 0.326 e. The Morgan fingerprint density at radius 3 is 2.50 bits per heavy atom. The molecule has 2 rings (SSSR count). The average Bonchev–Trinajstić information content (AvgIpc) is 2.85. The van der Waals surface area contributed by atoms with Gasteiger partial charge in [0.2, 0.25) is 0 Å². The Bertz CT molecular complexity index is 607. The van der Waals surface area contributed by atoms with Crippen molar-refractivity contribution in [2.75, 3.05) is 0 Å². The average molecular weight is 289 g/mol. The number of amides is 1. The fourth-order valence-corrected chi connectivity index (χ4v) is 2.71. The Kier molecular flexibility index (Phi) is 4.53. The maximum Gasteiger partial charge on any atom is 0.326 e. The van der Waals surface area contributed by atoms with Crippen molar-refractivity contribution < 1.29 is 14.7 Å². The lowest BCUT2D eigenvalue weighted by Crippen LogP contribution is -2.42. The van der Waals surface area contributed by atoms with Gasteiger partial charge in [0, 0.05) is 6.42 Å². The summed E-state index contributed by atoms with van der Waals surface area (Å²) in [6.07, 6.45) is 0.270. The number of aliphatic carboxylic acids is 1. The number of rotatable bonds is 5. The third kappa shape index (κ3) is 3.45. The van der Waals surface area contributed by atoms with E-state index in [0.29, 0.717) is 4.88 Å². The number of carboxylic acid groups (broad SMARTS) is 1. The van der Waals surface area contributed by atoms with E-state index in [1.54, 1.807) is 0 Å². The fraction of sp³-hybridized carbons (Fsp3) is 0.200. The zero-order valence-electron chi connectivity index (χ0n) is 11.0. The normalized spacial score (nSPS) is 11.8. The predicted molar refractivity (Wildman–Crippen MR) is 78.1 cm³/mol. The van der Waals surface area contributed by atoms with Crippen LogP contribution in [0.4, 0.5) is 0 Å². The molecule has 0 fully saturated rings. The van der Waals surface area contributed by atoms with Gasteiger partial charge in [-0.25, -0.2) is 4.79 Å². The number of aryl methyl sites for hydroxylation is 1. The van der Waals surface area contributed by atoms with Crippen molar-refractivity contribution in [1.82, 2.24) is 5.32 Å². The lowest BCUT2D eigenvalue weighted by atomic mass is 10.1. The summed E-state index contributed by atoms with van der Waals surface area (Å²) in [5.74, 6) is -1.36. The van der Waals surface area contributed by atoms with Crippen LogP contribution in [0.5, 0.6) is 0 Å². The first kappa shape index (κ1) is 14.3. The molecule has 1 heterocycles. The number of carboxylic acids is 1. The topological polar surface area (TPSA) is 66.4 Å². The van der Waals surface area contributed by atoms with Crippen LogP contribution in [0.2, 0.25) is 0 Å². The molecule has 0 bridgehead atoms. The molecule has 0 saturated carbocycles. The fourth-order valence-electron chi connectivity index (χ4n) is 1.88. The van der Waals surface area contributed by atoms with Crippen molar-refractivity contribution in [2.45, 2.75) is 19.4 Å². The quantitative estimate of drug-likeness (QED) is 0.888. The number of nitrogens with one attached hydrogen (secondary N) is 1. The van der Waals surface area contributed by atoms with E-state index < -0.39 is 12.0 Å². The van der Waals surface area contributed by atoms with Gasteiger partial charge in [-0.2, -0.15) is 0 Å². The monoisotopic (exact) mass is 289 g/mol. The SMILES string of the molecule is Cc1ccsc1C(=O)N[C@@H](Cc1ccccc1)C(=O)O. The van der Waals surface area contributed by atoms with Crippen LogP contribution in [0, 0.1) is 6.92 Å². The van der Waals surface area contributed by atoms with Gasteiger partial charge in [-0.05, 0) is 29.5 Å². The number of thiophene rings is 1. The maximum atomic E-state index is 12.1. The van der Waals surface area contributed by atoms with Gasteiger partial charge in [0.15, 0.2) is 0 Å². The van der Waals surface area contributed by atoms with Crippen LogP contribution in [-0.4, -0.2) is 23.0 Å². The Balaban J connectivity index is 2.09. The van der Waals surface area contributed by atoms with Crippen molar-refractivity contribution in [3.05, 3.63) is 57.8 Å². The molecule has 5 heteroatoms. The molecule has 0 radical (unpaired) electrons. The molecule has 0 saturated heterocycles. The van der Waals surface area contributed by atoms with Gasteiger partial charge in [-0.1, -0.05) is 30.3 Å². The van der Waals surface area contributed by atoms with Crippen molar-refractivity contribution in [3.8, 4) is 0 Å². The molecule has 1 aromatic heterocycles. The minimum absolute atomic E-state index is 0.270. The lowest BCUT2D eigenvalue weighted by molar-refractivity contribution is -0.139. The Morgan fingerprint density at radius 1 is 1.25 bits per heavy atom. The predicted octanol–water partition coefficient (Wildman–Crippen LogP) is 2.48. The van der Waals surface area contributed by atoms with Gasteiger partial charge in [0.25, 0.3) is 5.91 Å². The van der Waals surface area contributed by atoms with Crippen LogP contribution in [0.3, 0.4) is 0 Å². The number of carbonyl (C=O) groups excluding carboxylic acids is 1. The zero-order valence-corrected chi connectivity index (χ0v) is 11.8. The molecule has 0 aliphatic rings. The molecule has 0 unspecified atom stereocenters. The number of hydrogen-bond donors (Lipinski definition) is 2. The number of hydrogen-bond acceptors (Lipinski definition) is 3. The third-order valence-electron chi connectivity index (χ3n) is 2.95. The zero-order chi connectivity index (χ0) is 14.5. The van der Waals surface area contributed by atoms with Gasteiger partial charge in [0.1, 0.15) is 6.04 Å². The summed E-state index contributed by atoms with van der Waals surface area (Å²) in [6, 6.07) is 10.2. The molecule has 4 nitrogen and oxygen atoms in total. The minimum atomic E-state index is -1.03. The second-order valence-electron chi connectivity index (χ2n) is 4.49. The number of benzene rings is 1. The molecule has 20 heavy (non-hydrogen) atoms.